The van der Waals surface area contributed by atoms with Gasteiger partial charge in [-0.2, -0.15) is 0 Å². The molecule has 0 aromatic heterocycles. The molecule has 0 aromatic rings. The van der Waals surface area contributed by atoms with E-state index in [1.165, 1.54) is 0 Å². The zero-order valence-corrected chi connectivity index (χ0v) is 10.9. The molecule has 0 spiro atoms. The SMILES string of the molecule is CCC(C)(C)NC(=O)CNCC(=O)NC1CC1. The van der Waals surface area contributed by atoms with Crippen LogP contribution in [0.5, 0.6) is 0 Å². The Kier molecular flexibility index (Phi) is 4.93. The molecule has 0 radical (unpaired) electrons. The van der Waals surface area contributed by atoms with Crippen LogP contribution in [0, 0.1) is 0 Å². The first-order valence-corrected chi connectivity index (χ1v) is 6.24. The van der Waals surface area contributed by atoms with E-state index < -0.39 is 0 Å². The molecule has 5 heteroatoms. The normalized spacial score (nSPS) is 15.5. The Morgan fingerprint density at radius 2 is 1.76 bits per heavy atom. The van der Waals surface area contributed by atoms with Crippen LogP contribution in [0.15, 0.2) is 0 Å². The van der Waals surface area contributed by atoms with Crippen LogP contribution < -0.4 is 16.0 Å². The van der Waals surface area contributed by atoms with E-state index in [-0.39, 0.29) is 30.4 Å². The molecule has 1 aliphatic rings. The number of hydrogen-bond acceptors (Lipinski definition) is 3. The molecule has 5 nitrogen and oxygen atoms in total. The topological polar surface area (TPSA) is 70.2 Å². The summed E-state index contributed by atoms with van der Waals surface area (Å²) in [7, 11) is 0. The Morgan fingerprint density at radius 1 is 1.18 bits per heavy atom. The van der Waals surface area contributed by atoms with Gasteiger partial charge in [0.05, 0.1) is 13.1 Å². The van der Waals surface area contributed by atoms with E-state index in [1.54, 1.807) is 0 Å². The minimum absolute atomic E-state index is 0.0324. The Bertz CT molecular complexity index is 285. The summed E-state index contributed by atoms with van der Waals surface area (Å²) in [5.74, 6) is -0.105. The second kappa shape index (κ2) is 6.00. The first kappa shape index (κ1) is 14.0. The number of carbonyl (C=O) groups is 2. The summed E-state index contributed by atoms with van der Waals surface area (Å²) in [6, 6.07) is 0.372. The van der Waals surface area contributed by atoms with Gasteiger partial charge in [-0.1, -0.05) is 6.92 Å². The monoisotopic (exact) mass is 241 g/mol. The van der Waals surface area contributed by atoms with Crippen molar-refractivity contribution in [3.8, 4) is 0 Å². The highest BCUT2D eigenvalue weighted by Crippen LogP contribution is 2.18. The number of rotatable bonds is 7. The fraction of sp³-hybridized carbons (Fsp3) is 0.833. The van der Waals surface area contributed by atoms with Crippen molar-refractivity contribution in [2.24, 2.45) is 0 Å². The van der Waals surface area contributed by atoms with Gasteiger partial charge in [-0.3, -0.25) is 14.9 Å². The minimum Gasteiger partial charge on any atom is -0.352 e. The summed E-state index contributed by atoms with van der Waals surface area (Å²) < 4.78 is 0. The first-order valence-electron chi connectivity index (χ1n) is 6.24. The van der Waals surface area contributed by atoms with Gasteiger partial charge < -0.3 is 10.6 Å². The predicted molar refractivity (Wildman–Crippen MR) is 66.5 cm³/mol. The molecule has 2 amide bonds. The van der Waals surface area contributed by atoms with Crippen molar-refractivity contribution in [3.63, 3.8) is 0 Å². The second-order valence-corrected chi connectivity index (χ2v) is 5.23. The van der Waals surface area contributed by atoms with Crippen molar-refractivity contribution < 1.29 is 9.59 Å². The van der Waals surface area contributed by atoms with E-state index in [0.29, 0.717) is 6.04 Å². The third-order valence-corrected chi connectivity index (χ3v) is 2.88. The standard InChI is InChI=1S/C12H23N3O2/c1-4-12(2,3)15-11(17)8-13-7-10(16)14-9-5-6-9/h9,13H,4-8H2,1-3H3,(H,14,16)(H,15,17). The lowest BCUT2D eigenvalue weighted by Gasteiger charge is -2.24. The van der Waals surface area contributed by atoms with Crippen LogP contribution in [0.3, 0.4) is 0 Å². The van der Waals surface area contributed by atoms with Crippen LogP contribution in [0.25, 0.3) is 0 Å². The smallest absolute Gasteiger partial charge is 0.234 e. The number of carbonyl (C=O) groups excluding carboxylic acids is 2. The molecule has 0 aliphatic heterocycles. The number of amides is 2. The zero-order valence-electron chi connectivity index (χ0n) is 10.9. The molecule has 0 aromatic carbocycles. The van der Waals surface area contributed by atoms with Gasteiger partial charge in [-0.15, -0.1) is 0 Å². The van der Waals surface area contributed by atoms with Crippen LogP contribution in [0.4, 0.5) is 0 Å². The summed E-state index contributed by atoms with van der Waals surface area (Å²) in [4.78, 5) is 22.8. The predicted octanol–water partition coefficient (Wildman–Crippen LogP) is 0.159. The number of nitrogens with one attached hydrogen (secondary N) is 3. The third-order valence-electron chi connectivity index (χ3n) is 2.88. The van der Waals surface area contributed by atoms with E-state index in [1.807, 2.05) is 20.8 Å². The van der Waals surface area contributed by atoms with Gasteiger partial charge >= 0.3 is 0 Å². The summed E-state index contributed by atoms with van der Waals surface area (Å²) in [5.41, 5.74) is -0.185. The van der Waals surface area contributed by atoms with Crippen molar-refractivity contribution in [1.29, 1.82) is 0 Å². The van der Waals surface area contributed by atoms with Crippen LogP contribution in [0.1, 0.15) is 40.0 Å². The summed E-state index contributed by atoms with van der Waals surface area (Å²) in [6.45, 7) is 6.37. The second-order valence-electron chi connectivity index (χ2n) is 5.23. The van der Waals surface area contributed by atoms with Crippen LogP contribution in [0.2, 0.25) is 0 Å². The molecular formula is C12H23N3O2. The Morgan fingerprint density at radius 3 is 2.29 bits per heavy atom. The van der Waals surface area contributed by atoms with E-state index in [4.69, 9.17) is 0 Å². The molecule has 98 valence electrons. The van der Waals surface area contributed by atoms with Gasteiger partial charge in [0.25, 0.3) is 0 Å². The Labute approximate surface area is 103 Å². The molecule has 1 saturated carbocycles. The van der Waals surface area contributed by atoms with Crippen molar-refractivity contribution in [2.75, 3.05) is 13.1 Å². The third kappa shape index (κ3) is 6.26. The van der Waals surface area contributed by atoms with Gasteiger partial charge in [-0.25, -0.2) is 0 Å². The van der Waals surface area contributed by atoms with E-state index >= 15 is 0 Å². The van der Waals surface area contributed by atoms with Crippen LogP contribution in [-0.2, 0) is 9.59 Å². The lowest BCUT2D eigenvalue weighted by atomic mass is 10.0. The maximum absolute atomic E-state index is 11.5. The fourth-order valence-electron chi connectivity index (χ4n) is 1.31. The molecule has 1 rings (SSSR count). The highest BCUT2D eigenvalue weighted by atomic mass is 16.2. The zero-order chi connectivity index (χ0) is 12.9. The van der Waals surface area contributed by atoms with E-state index in [0.717, 1.165) is 19.3 Å². The minimum atomic E-state index is -0.185. The lowest BCUT2D eigenvalue weighted by molar-refractivity contribution is -0.122. The Hall–Kier alpha value is -1.10. The van der Waals surface area contributed by atoms with Crippen molar-refractivity contribution in [2.45, 2.75) is 51.6 Å². The molecule has 1 fully saturated rings. The molecule has 0 atom stereocenters. The highest BCUT2D eigenvalue weighted by Gasteiger charge is 2.23. The molecule has 0 unspecified atom stereocenters. The average molecular weight is 241 g/mol. The molecular weight excluding hydrogens is 218 g/mol. The van der Waals surface area contributed by atoms with Gasteiger partial charge in [0.15, 0.2) is 0 Å². The van der Waals surface area contributed by atoms with Gasteiger partial charge in [0.1, 0.15) is 0 Å². The van der Waals surface area contributed by atoms with E-state index in [2.05, 4.69) is 16.0 Å². The van der Waals surface area contributed by atoms with Gasteiger partial charge in [0, 0.05) is 11.6 Å². The van der Waals surface area contributed by atoms with Crippen LogP contribution >= 0.6 is 0 Å². The molecule has 1 aliphatic carbocycles. The molecule has 0 saturated heterocycles. The maximum atomic E-state index is 11.5. The van der Waals surface area contributed by atoms with Crippen molar-refractivity contribution in [1.82, 2.24) is 16.0 Å². The summed E-state index contributed by atoms with van der Waals surface area (Å²) in [5, 5.41) is 8.59. The molecule has 0 heterocycles. The van der Waals surface area contributed by atoms with Gasteiger partial charge in [0.2, 0.25) is 11.8 Å². The van der Waals surface area contributed by atoms with Crippen molar-refractivity contribution >= 4 is 11.8 Å². The lowest BCUT2D eigenvalue weighted by Crippen LogP contribution is -2.47. The van der Waals surface area contributed by atoms with Gasteiger partial charge in [-0.05, 0) is 33.1 Å². The molecule has 3 N–H and O–H groups in total. The Balaban J connectivity index is 2.08. The summed E-state index contributed by atoms with van der Waals surface area (Å²) >= 11 is 0. The van der Waals surface area contributed by atoms with E-state index in [9.17, 15) is 9.59 Å². The maximum Gasteiger partial charge on any atom is 0.234 e. The number of hydrogen-bond donors (Lipinski definition) is 3. The quantitative estimate of drug-likeness (QED) is 0.594. The average Bonchev–Trinajstić information content (AvgIpc) is 3.01. The molecule has 0 bridgehead atoms. The summed E-state index contributed by atoms with van der Waals surface area (Å²) in [6.07, 6.45) is 3.04. The first-order chi connectivity index (χ1) is 7.93. The van der Waals surface area contributed by atoms with Crippen molar-refractivity contribution in [3.05, 3.63) is 0 Å². The fourth-order valence-corrected chi connectivity index (χ4v) is 1.31. The molecule has 17 heavy (non-hydrogen) atoms. The van der Waals surface area contributed by atoms with Crippen LogP contribution in [-0.4, -0.2) is 36.5 Å². The largest absolute Gasteiger partial charge is 0.352 e. The highest BCUT2D eigenvalue weighted by molar-refractivity contribution is 5.81.